The van der Waals surface area contributed by atoms with Crippen molar-refractivity contribution in [2.24, 2.45) is 4.99 Å². The Morgan fingerprint density at radius 3 is 2.71 bits per heavy atom. The number of aliphatic imine (C=N–C) groups is 1. The van der Waals surface area contributed by atoms with Crippen molar-refractivity contribution < 1.29 is 9.53 Å². The molecule has 1 unspecified atom stereocenters. The molecule has 0 saturated carbocycles. The maximum Gasteiger partial charge on any atom is 0.407 e. The first-order chi connectivity index (χ1) is 9.87. The Bertz CT molecular complexity index is 549. The van der Waals surface area contributed by atoms with Crippen molar-refractivity contribution in [2.75, 3.05) is 6.26 Å². The number of fused-ring (bicyclic) bond motifs is 1. The van der Waals surface area contributed by atoms with Gasteiger partial charge < -0.3 is 10.1 Å². The Hall–Kier alpha value is -1.49. The van der Waals surface area contributed by atoms with Gasteiger partial charge in [-0.2, -0.15) is 0 Å². The summed E-state index contributed by atoms with van der Waals surface area (Å²) in [4.78, 5) is 16.6. The minimum absolute atomic E-state index is 0.179. The standard InChI is InChI=1S/C16H22N2O2S/c1-16(2,3)18-15(19)20-12-9-11-7-5-6-8-13(11)17-14(10-12)21-4/h5-8,12H,9-10H2,1-4H3,(H,18,19). The Morgan fingerprint density at radius 2 is 2.05 bits per heavy atom. The predicted molar refractivity (Wildman–Crippen MR) is 88.5 cm³/mol. The molecule has 0 aromatic heterocycles. The van der Waals surface area contributed by atoms with Crippen LogP contribution in [0.2, 0.25) is 0 Å². The number of nitrogens with one attached hydrogen (secondary N) is 1. The number of benzene rings is 1. The summed E-state index contributed by atoms with van der Waals surface area (Å²) in [7, 11) is 0. The van der Waals surface area contributed by atoms with Crippen LogP contribution in [0.3, 0.4) is 0 Å². The molecule has 21 heavy (non-hydrogen) atoms. The number of hydrogen-bond acceptors (Lipinski definition) is 4. The van der Waals surface area contributed by atoms with Crippen LogP contribution in [0.15, 0.2) is 29.3 Å². The van der Waals surface area contributed by atoms with Gasteiger partial charge in [0.15, 0.2) is 0 Å². The van der Waals surface area contributed by atoms with Crippen molar-refractivity contribution in [1.29, 1.82) is 0 Å². The zero-order valence-electron chi connectivity index (χ0n) is 13.0. The third-order valence-corrected chi connectivity index (χ3v) is 3.80. The molecule has 0 bridgehead atoms. The van der Waals surface area contributed by atoms with Crippen molar-refractivity contribution in [3.63, 3.8) is 0 Å². The molecule has 1 aliphatic rings. The first kappa shape index (κ1) is 15.9. The fourth-order valence-corrected chi connectivity index (χ4v) is 2.73. The summed E-state index contributed by atoms with van der Waals surface area (Å²) in [6.45, 7) is 5.81. The maximum atomic E-state index is 12.0. The highest BCUT2D eigenvalue weighted by Gasteiger charge is 2.24. The minimum atomic E-state index is -0.368. The van der Waals surface area contributed by atoms with Crippen molar-refractivity contribution in [2.45, 2.75) is 45.3 Å². The van der Waals surface area contributed by atoms with Crippen molar-refractivity contribution in [1.82, 2.24) is 5.32 Å². The van der Waals surface area contributed by atoms with Gasteiger partial charge in [-0.1, -0.05) is 18.2 Å². The number of alkyl carbamates (subject to hydrolysis) is 1. The van der Waals surface area contributed by atoms with Crippen LogP contribution in [0.1, 0.15) is 32.8 Å². The fraction of sp³-hybridized carbons (Fsp3) is 0.500. The van der Waals surface area contributed by atoms with Crippen LogP contribution in [0, 0.1) is 0 Å². The van der Waals surface area contributed by atoms with Crippen molar-refractivity contribution in [3.8, 4) is 0 Å². The molecule has 1 amide bonds. The Balaban J connectivity index is 2.12. The van der Waals surface area contributed by atoms with E-state index < -0.39 is 0 Å². The Labute approximate surface area is 130 Å². The first-order valence-corrected chi connectivity index (χ1v) is 8.28. The van der Waals surface area contributed by atoms with Gasteiger partial charge in [0.2, 0.25) is 0 Å². The average molecular weight is 306 g/mol. The molecule has 2 rings (SSSR count). The maximum absolute atomic E-state index is 12.0. The third kappa shape index (κ3) is 4.77. The molecule has 1 aromatic rings. The highest BCUT2D eigenvalue weighted by Crippen LogP contribution is 2.28. The van der Waals surface area contributed by atoms with E-state index in [4.69, 9.17) is 4.74 Å². The second-order valence-corrected chi connectivity index (χ2v) is 7.03. The van der Waals surface area contributed by atoms with Crippen LogP contribution < -0.4 is 5.32 Å². The molecular weight excluding hydrogens is 284 g/mol. The number of carbonyl (C=O) groups excluding carboxylic acids is 1. The van der Waals surface area contributed by atoms with Crippen LogP contribution in [0.25, 0.3) is 0 Å². The number of thioether (sulfide) groups is 1. The lowest BCUT2D eigenvalue weighted by Crippen LogP contribution is -2.42. The highest BCUT2D eigenvalue weighted by molar-refractivity contribution is 8.13. The molecule has 1 N–H and O–H groups in total. The topological polar surface area (TPSA) is 50.7 Å². The highest BCUT2D eigenvalue weighted by atomic mass is 32.2. The number of carbonyl (C=O) groups is 1. The van der Waals surface area contributed by atoms with Crippen molar-refractivity contribution in [3.05, 3.63) is 29.8 Å². The zero-order valence-corrected chi connectivity index (χ0v) is 13.8. The summed E-state index contributed by atoms with van der Waals surface area (Å²) in [6.07, 6.45) is 2.81. The molecule has 5 heteroatoms. The van der Waals surface area contributed by atoms with Gasteiger partial charge in [0.05, 0.1) is 10.7 Å². The van der Waals surface area contributed by atoms with Crippen LogP contribution in [0.4, 0.5) is 10.5 Å². The first-order valence-electron chi connectivity index (χ1n) is 7.05. The van der Waals surface area contributed by atoms with Gasteiger partial charge in [0.25, 0.3) is 0 Å². The summed E-state index contributed by atoms with van der Waals surface area (Å²) in [5.41, 5.74) is 1.80. The molecule has 114 valence electrons. The van der Waals surface area contributed by atoms with Gasteiger partial charge in [-0.3, -0.25) is 0 Å². The van der Waals surface area contributed by atoms with Gasteiger partial charge >= 0.3 is 6.09 Å². The molecular formula is C16H22N2O2S. The second-order valence-electron chi connectivity index (χ2n) is 6.15. The van der Waals surface area contributed by atoms with Gasteiger partial charge in [0.1, 0.15) is 6.10 Å². The van der Waals surface area contributed by atoms with E-state index >= 15 is 0 Å². The molecule has 0 fully saturated rings. The molecule has 1 aliphatic heterocycles. The van der Waals surface area contributed by atoms with Gasteiger partial charge in [-0.15, -0.1) is 11.8 Å². The number of ether oxygens (including phenoxy) is 1. The minimum Gasteiger partial charge on any atom is -0.445 e. The summed E-state index contributed by atoms with van der Waals surface area (Å²) in [5.74, 6) is 0. The molecule has 0 saturated heterocycles. The largest absolute Gasteiger partial charge is 0.445 e. The Kier molecular flexibility index (Phi) is 4.93. The van der Waals surface area contributed by atoms with E-state index in [1.807, 2.05) is 51.3 Å². The van der Waals surface area contributed by atoms with E-state index in [9.17, 15) is 4.79 Å². The Morgan fingerprint density at radius 1 is 1.33 bits per heavy atom. The molecule has 0 radical (unpaired) electrons. The smallest absolute Gasteiger partial charge is 0.407 e. The van der Waals surface area contributed by atoms with Gasteiger partial charge in [-0.25, -0.2) is 9.79 Å². The molecule has 0 aliphatic carbocycles. The summed E-state index contributed by atoms with van der Waals surface area (Å²) in [6, 6.07) is 8.02. The van der Waals surface area contributed by atoms with Gasteiger partial charge in [-0.05, 0) is 38.7 Å². The van der Waals surface area contributed by atoms with Crippen LogP contribution >= 0.6 is 11.8 Å². The molecule has 0 spiro atoms. The fourth-order valence-electron chi connectivity index (χ4n) is 2.18. The van der Waals surface area contributed by atoms with E-state index in [1.165, 1.54) is 0 Å². The summed E-state index contributed by atoms with van der Waals surface area (Å²) >= 11 is 1.60. The normalized spacial score (nSPS) is 18.3. The van der Waals surface area contributed by atoms with E-state index in [-0.39, 0.29) is 17.7 Å². The van der Waals surface area contributed by atoms with Crippen LogP contribution in [-0.4, -0.2) is 29.0 Å². The monoisotopic (exact) mass is 306 g/mol. The van der Waals surface area contributed by atoms with E-state index in [0.717, 1.165) is 16.3 Å². The molecule has 1 heterocycles. The number of hydrogen-bond donors (Lipinski definition) is 1. The average Bonchev–Trinajstić information content (AvgIpc) is 2.54. The number of para-hydroxylation sites is 1. The predicted octanol–water partition coefficient (Wildman–Crippen LogP) is 3.92. The van der Waals surface area contributed by atoms with Crippen LogP contribution in [0.5, 0.6) is 0 Å². The molecule has 4 nitrogen and oxygen atoms in total. The lowest BCUT2D eigenvalue weighted by Gasteiger charge is -2.23. The number of rotatable bonds is 1. The lowest BCUT2D eigenvalue weighted by molar-refractivity contribution is 0.0952. The SMILES string of the molecule is CSC1=Nc2ccccc2CC(OC(=O)NC(C)(C)C)C1. The molecule has 1 aromatic carbocycles. The number of nitrogens with zero attached hydrogens (tertiary/aromatic N) is 1. The van der Waals surface area contributed by atoms with E-state index in [0.29, 0.717) is 12.8 Å². The van der Waals surface area contributed by atoms with Crippen molar-refractivity contribution >= 4 is 28.6 Å². The summed E-state index contributed by atoms with van der Waals surface area (Å²) in [5, 5.41) is 3.83. The summed E-state index contributed by atoms with van der Waals surface area (Å²) < 4.78 is 5.59. The second kappa shape index (κ2) is 6.52. The van der Waals surface area contributed by atoms with Crippen LogP contribution in [-0.2, 0) is 11.2 Å². The van der Waals surface area contributed by atoms with E-state index in [2.05, 4.69) is 10.3 Å². The third-order valence-electron chi connectivity index (χ3n) is 3.07. The number of amides is 1. The van der Waals surface area contributed by atoms with E-state index in [1.54, 1.807) is 11.8 Å². The molecule has 1 atom stereocenters. The lowest BCUT2D eigenvalue weighted by atomic mass is 10.1. The zero-order chi connectivity index (χ0) is 15.5. The quantitative estimate of drug-likeness (QED) is 0.855. The van der Waals surface area contributed by atoms with Gasteiger partial charge in [0, 0.05) is 18.4 Å².